The third kappa shape index (κ3) is 2.13. The van der Waals surface area contributed by atoms with Gasteiger partial charge in [-0.3, -0.25) is 9.59 Å². The summed E-state index contributed by atoms with van der Waals surface area (Å²) in [6.45, 7) is 1.76. The fraction of sp³-hybridized carbons (Fsp3) is 0.200. The number of fused-ring (bicyclic) bond motifs is 1. The molecule has 1 N–H and O–H groups in total. The first kappa shape index (κ1) is 19.7. The maximum absolute atomic E-state index is 14.3. The molecule has 0 saturated carbocycles. The van der Waals surface area contributed by atoms with Gasteiger partial charge in [-0.25, -0.2) is 4.90 Å². The van der Waals surface area contributed by atoms with Crippen LogP contribution in [0.4, 0.5) is 5.69 Å². The standard InChI is InChI=1S/C30H23NO3/c1-17(32)30-22-14-6-4-12-20(22)25(21-13-5-7-15-23(21)30)26-27(30)29(34)31(28(26)33)24-16-8-10-18-9-2-3-11-19(18)24/h2-17,25-27,32H,1H3/t17-,25?,26-,27-,30?/m1/s1. The lowest BCUT2D eigenvalue weighted by Crippen LogP contribution is -2.58. The number of nitrogens with zero attached hydrogens (tertiary/aromatic N) is 1. The number of benzene rings is 4. The summed E-state index contributed by atoms with van der Waals surface area (Å²) in [6.07, 6.45) is -0.854. The van der Waals surface area contributed by atoms with Gasteiger partial charge in [0.1, 0.15) is 0 Å². The van der Waals surface area contributed by atoms with Crippen molar-refractivity contribution in [1.29, 1.82) is 0 Å². The molecule has 3 aliphatic carbocycles. The Bertz CT molecular complexity index is 1470. The van der Waals surface area contributed by atoms with Gasteiger partial charge in [0.2, 0.25) is 11.8 Å². The number of amides is 2. The van der Waals surface area contributed by atoms with Gasteiger partial charge in [0.05, 0.1) is 29.0 Å². The van der Waals surface area contributed by atoms with Crippen LogP contribution in [0.15, 0.2) is 91.0 Å². The zero-order valence-corrected chi connectivity index (χ0v) is 18.7. The van der Waals surface area contributed by atoms with Crippen LogP contribution in [0.3, 0.4) is 0 Å². The van der Waals surface area contributed by atoms with Crippen LogP contribution in [-0.2, 0) is 15.0 Å². The van der Waals surface area contributed by atoms with Crippen LogP contribution in [0.2, 0.25) is 0 Å². The van der Waals surface area contributed by atoms with Gasteiger partial charge in [-0.05, 0) is 40.6 Å². The minimum absolute atomic E-state index is 0.176. The Morgan fingerprint density at radius 2 is 1.35 bits per heavy atom. The Hall–Kier alpha value is -3.76. The molecule has 4 nitrogen and oxygen atoms in total. The molecule has 0 unspecified atom stereocenters. The van der Waals surface area contributed by atoms with Crippen LogP contribution < -0.4 is 4.90 Å². The van der Waals surface area contributed by atoms with Crippen LogP contribution in [0.5, 0.6) is 0 Å². The highest BCUT2D eigenvalue weighted by molar-refractivity contribution is 6.26. The summed E-state index contributed by atoms with van der Waals surface area (Å²) in [5.41, 5.74) is 3.68. The van der Waals surface area contributed by atoms with Crippen molar-refractivity contribution < 1.29 is 14.7 Å². The number of hydrogen-bond acceptors (Lipinski definition) is 3. The molecule has 1 saturated heterocycles. The Balaban J connectivity index is 1.53. The molecule has 1 fully saturated rings. The minimum atomic E-state index is -0.974. The van der Waals surface area contributed by atoms with E-state index < -0.39 is 23.4 Å². The van der Waals surface area contributed by atoms with E-state index in [0.717, 1.165) is 33.0 Å². The number of aliphatic hydroxyl groups excluding tert-OH is 1. The molecule has 166 valence electrons. The molecule has 2 bridgehead atoms. The summed E-state index contributed by atoms with van der Waals surface area (Å²) in [7, 11) is 0. The molecule has 3 atom stereocenters. The molecule has 0 spiro atoms. The largest absolute Gasteiger partial charge is 0.392 e. The smallest absolute Gasteiger partial charge is 0.239 e. The SMILES string of the molecule is C[C@@H](O)C12c3ccccc3C(c3ccccc31)[C@H]1C(=O)N(c3cccc4ccccc34)C(=O)[C@@H]12. The highest BCUT2D eigenvalue weighted by Crippen LogP contribution is 2.65. The summed E-state index contributed by atoms with van der Waals surface area (Å²) >= 11 is 0. The lowest BCUT2D eigenvalue weighted by molar-refractivity contribution is -0.126. The van der Waals surface area contributed by atoms with Crippen LogP contribution in [0.25, 0.3) is 10.8 Å². The van der Waals surface area contributed by atoms with E-state index in [4.69, 9.17) is 0 Å². The van der Waals surface area contributed by atoms with Crippen LogP contribution >= 0.6 is 0 Å². The van der Waals surface area contributed by atoms with E-state index in [9.17, 15) is 14.7 Å². The molecule has 4 aliphatic rings. The van der Waals surface area contributed by atoms with Crippen LogP contribution in [-0.4, -0.2) is 23.0 Å². The van der Waals surface area contributed by atoms with Gasteiger partial charge >= 0.3 is 0 Å². The first-order valence-corrected chi connectivity index (χ1v) is 11.8. The van der Waals surface area contributed by atoms with Crippen molar-refractivity contribution in [2.24, 2.45) is 11.8 Å². The van der Waals surface area contributed by atoms with Gasteiger partial charge in [0.15, 0.2) is 0 Å². The third-order valence-electron chi connectivity index (χ3n) is 8.35. The summed E-state index contributed by atoms with van der Waals surface area (Å²) in [4.78, 5) is 29.9. The Kier molecular flexibility index (Phi) is 3.85. The average molecular weight is 446 g/mol. The molecular formula is C30H23NO3. The molecule has 0 radical (unpaired) electrons. The second kappa shape index (κ2) is 6.64. The quantitative estimate of drug-likeness (QED) is 0.452. The van der Waals surface area contributed by atoms with Crippen molar-refractivity contribution in [1.82, 2.24) is 0 Å². The number of rotatable bonds is 2. The van der Waals surface area contributed by atoms with Gasteiger partial charge in [0, 0.05) is 11.3 Å². The van der Waals surface area contributed by atoms with Crippen LogP contribution in [0.1, 0.15) is 35.1 Å². The Labute approximate surface area is 197 Å². The van der Waals surface area contributed by atoms with Crippen molar-refractivity contribution >= 4 is 28.3 Å². The lowest BCUT2D eigenvalue weighted by Gasteiger charge is -2.55. The van der Waals surface area contributed by atoms with E-state index in [1.165, 1.54) is 4.90 Å². The minimum Gasteiger partial charge on any atom is -0.392 e. The van der Waals surface area contributed by atoms with Gasteiger partial charge in [-0.1, -0.05) is 84.9 Å². The van der Waals surface area contributed by atoms with Gasteiger partial charge in [-0.2, -0.15) is 0 Å². The molecule has 4 aromatic rings. The second-order valence-corrected chi connectivity index (χ2v) is 9.71. The molecule has 2 amide bonds. The first-order valence-electron chi connectivity index (χ1n) is 11.8. The topological polar surface area (TPSA) is 57.6 Å². The first-order chi connectivity index (χ1) is 16.6. The predicted octanol–water partition coefficient (Wildman–Crippen LogP) is 4.77. The van der Waals surface area contributed by atoms with Gasteiger partial charge in [-0.15, -0.1) is 0 Å². The van der Waals surface area contributed by atoms with E-state index in [1.54, 1.807) is 6.92 Å². The zero-order chi connectivity index (χ0) is 23.2. The molecule has 4 heteroatoms. The van der Waals surface area contributed by atoms with Crippen LogP contribution in [0, 0.1) is 11.8 Å². The number of carbonyl (C=O) groups excluding carboxylic acids is 2. The van der Waals surface area contributed by atoms with E-state index >= 15 is 0 Å². The number of carbonyl (C=O) groups is 2. The summed E-state index contributed by atoms with van der Waals surface area (Å²) in [5, 5.41) is 13.3. The van der Waals surface area contributed by atoms with E-state index in [-0.39, 0.29) is 17.7 Å². The Morgan fingerprint density at radius 1 is 0.765 bits per heavy atom. The predicted molar refractivity (Wildman–Crippen MR) is 131 cm³/mol. The monoisotopic (exact) mass is 445 g/mol. The molecule has 4 aromatic carbocycles. The maximum atomic E-state index is 14.3. The number of imide groups is 1. The van der Waals surface area contributed by atoms with Crippen molar-refractivity contribution in [3.05, 3.63) is 113 Å². The fourth-order valence-electron chi connectivity index (χ4n) is 7.18. The summed E-state index contributed by atoms with van der Waals surface area (Å²) < 4.78 is 0. The lowest BCUT2D eigenvalue weighted by atomic mass is 9.46. The average Bonchev–Trinajstić information content (AvgIpc) is 3.14. The molecule has 1 heterocycles. The maximum Gasteiger partial charge on any atom is 0.239 e. The third-order valence-corrected chi connectivity index (χ3v) is 8.35. The fourth-order valence-corrected chi connectivity index (χ4v) is 7.18. The molecule has 34 heavy (non-hydrogen) atoms. The number of aliphatic hydroxyl groups is 1. The summed E-state index contributed by atoms with van der Waals surface area (Å²) in [6, 6.07) is 29.6. The van der Waals surface area contributed by atoms with E-state index in [1.807, 2.05) is 78.9 Å². The highest BCUT2D eigenvalue weighted by atomic mass is 16.3. The molecule has 8 rings (SSSR count). The highest BCUT2D eigenvalue weighted by Gasteiger charge is 2.69. The van der Waals surface area contributed by atoms with Crippen molar-refractivity contribution in [2.75, 3.05) is 4.90 Å². The van der Waals surface area contributed by atoms with Crippen molar-refractivity contribution in [2.45, 2.75) is 24.4 Å². The van der Waals surface area contributed by atoms with Gasteiger partial charge in [0.25, 0.3) is 0 Å². The Morgan fingerprint density at radius 3 is 2.03 bits per heavy atom. The second-order valence-electron chi connectivity index (χ2n) is 9.71. The number of hydrogen-bond donors (Lipinski definition) is 1. The van der Waals surface area contributed by atoms with Crippen molar-refractivity contribution in [3.63, 3.8) is 0 Å². The molecular weight excluding hydrogens is 422 g/mol. The molecule has 0 aromatic heterocycles. The van der Waals surface area contributed by atoms with Crippen molar-refractivity contribution in [3.8, 4) is 0 Å². The summed E-state index contributed by atoms with van der Waals surface area (Å²) in [5.74, 6) is -1.82. The zero-order valence-electron chi connectivity index (χ0n) is 18.7. The molecule has 1 aliphatic heterocycles. The van der Waals surface area contributed by atoms with Gasteiger partial charge < -0.3 is 5.11 Å². The normalized spacial score (nSPS) is 27.5. The number of anilines is 1. The van der Waals surface area contributed by atoms with E-state index in [2.05, 4.69) is 12.1 Å². The van der Waals surface area contributed by atoms with E-state index in [0.29, 0.717) is 5.69 Å².